The summed E-state index contributed by atoms with van der Waals surface area (Å²) in [6, 6.07) is 4.04. The van der Waals surface area contributed by atoms with E-state index < -0.39 is 11.4 Å². The molecule has 0 aliphatic heterocycles. The first-order valence-corrected chi connectivity index (χ1v) is 5.66. The predicted molar refractivity (Wildman–Crippen MR) is 70.1 cm³/mol. The number of anilines is 1. The van der Waals surface area contributed by atoms with E-state index in [0.29, 0.717) is 5.69 Å². The molecule has 2 N–H and O–H groups in total. The zero-order valence-electron chi connectivity index (χ0n) is 11.1. The Balaban J connectivity index is 2.95. The molecule has 19 heavy (non-hydrogen) atoms. The number of benzene rings is 1. The number of carbonyl (C=O) groups is 1. The molecule has 0 saturated carbocycles. The molecule has 1 aromatic carbocycles. The lowest BCUT2D eigenvalue weighted by molar-refractivity contribution is -0.133. The quantitative estimate of drug-likeness (QED) is 0.815. The summed E-state index contributed by atoms with van der Waals surface area (Å²) in [5.74, 6) is 3.97. The number of amides is 1. The highest BCUT2D eigenvalue weighted by Crippen LogP contribution is 2.17. The Hall–Kier alpha value is -1.90. The molecular formula is C14H16FNO3. The second kappa shape index (κ2) is 6.32. The minimum absolute atomic E-state index is 0.113. The molecule has 1 rings (SSSR count). The number of halogens is 1. The van der Waals surface area contributed by atoms with E-state index in [1.807, 2.05) is 0 Å². The van der Waals surface area contributed by atoms with Crippen molar-refractivity contribution in [3.63, 3.8) is 0 Å². The van der Waals surface area contributed by atoms with Crippen LogP contribution in [0.25, 0.3) is 0 Å². The fourth-order valence-corrected chi connectivity index (χ4v) is 1.21. The van der Waals surface area contributed by atoms with Gasteiger partial charge in [0.1, 0.15) is 18.0 Å². The van der Waals surface area contributed by atoms with Gasteiger partial charge in [-0.25, -0.2) is 4.39 Å². The first kappa shape index (κ1) is 15.2. The number of aliphatic hydroxyl groups excluding tert-OH is 1. The Morgan fingerprint density at radius 3 is 2.79 bits per heavy atom. The number of methoxy groups -OCH3 is 1. The molecular weight excluding hydrogens is 249 g/mol. The average molecular weight is 265 g/mol. The Labute approximate surface area is 111 Å². The SMILES string of the molecule is COC(C)(C)C(=O)Nc1ccc(F)c(C#CCO)c1. The van der Waals surface area contributed by atoms with E-state index in [1.165, 1.54) is 25.3 Å². The highest BCUT2D eigenvalue weighted by Gasteiger charge is 2.26. The summed E-state index contributed by atoms with van der Waals surface area (Å²) in [5, 5.41) is 11.2. The van der Waals surface area contributed by atoms with Crippen molar-refractivity contribution in [1.29, 1.82) is 0 Å². The van der Waals surface area contributed by atoms with Gasteiger partial charge in [0.15, 0.2) is 0 Å². The van der Waals surface area contributed by atoms with Gasteiger partial charge in [0.05, 0.1) is 5.56 Å². The molecule has 0 fully saturated rings. The van der Waals surface area contributed by atoms with Gasteiger partial charge in [0, 0.05) is 12.8 Å². The summed E-state index contributed by atoms with van der Waals surface area (Å²) in [4.78, 5) is 11.9. The maximum atomic E-state index is 13.4. The van der Waals surface area contributed by atoms with Crippen molar-refractivity contribution in [3.05, 3.63) is 29.6 Å². The largest absolute Gasteiger partial charge is 0.384 e. The second-order valence-electron chi connectivity index (χ2n) is 4.32. The van der Waals surface area contributed by atoms with Gasteiger partial charge in [0.2, 0.25) is 0 Å². The monoisotopic (exact) mass is 265 g/mol. The van der Waals surface area contributed by atoms with E-state index in [2.05, 4.69) is 17.2 Å². The molecule has 0 aromatic heterocycles. The fraction of sp³-hybridized carbons (Fsp3) is 0.357. The van der Waals surface area contributed by atoms with Crippen LogP contribution in [0.15, 0.2) is 18.2 Å². The maximum Gasteiger partial charge on any atom is 0.256 e. The lowest BCUT2D eigenvalue weighted by atomic mass is 10.1. The van der Waals surface area contributed by atoms with Crippen LogP contribution >= 0.6 is 0 Å². The molecule has 0 atom stereocenters. The van der Waals surface area contributed by atoms with Crippen molar-refractivity contribution >= 4 is 11.6 Å². The molecule has 4 nitrogen and oxygen atoms in total. The van der Waals surface area contributed by atoms with Crippen molar-refractivity contribution in [2.75, 3.05) is 19.0 Å². The second-order valence-corrected chi connectivity index (χ2v) is 4.32. The summed E-state index contributed by atoms with van der Waals surface area (Å²) in [6.07, 6.45) is 0. The van der Waals surface area contributed by atoms with Crippen molar-refractivity contribution in [2.24, 2.45) is 0 Å². The standard InChI is InChI=1S/C14H16FNO3/c1-14(2,19-3)13(18)16-11-6-7-12(15)10(9-11)5-4-8-17/h6-7,9,17H,8H2,1-3H3,(H,16,18). The van der Waals surface area contributed by atoms with E-state index in [9.17, 15) is 9.18 Å². The lowest BCUT2D eigenvalue weighted by Crippen LogP contribution is -2.38. The number of hydrogen-bond donors (Lipinski definition) is 2. The number of carbonyl (C=O) groups excluding carboxylic acids is 1. The third-order valence-corrected chi connectivity index (χ3v) is 2.58. The zero-order chi connectivity index (χ0) is 14.5. The lowest BCUT2D eigenvalue weighted by Gasteiger charge is -2.21. The summed E-state index contributed by atoms with van der Waals surface area (Å²) < 4.78 is 18.5. The van der Waals surface area contributed by atoms with Gasteiger partial charge in [-0.15, -0.1) is 0 Å². The van der Waals surface area contributed by atoms with Crippen LogP contribution in [0, 0.1) is 17.7 Å². The normalized spacial score (nSPS) is 10.6. The predicted octanol–water partition coefficient (Wildman–Crippen LogP) is 1.53. The van der Waals surface area contributed by atoms with Gasteiger partial charge in [-0.3, -0.25) is 4.79 Å². The van der Waals surface area contributed by atoms with Crippen molar-refractivity contribution in [2.45, 2.75) is 19.4 Å². The summed E-state index contributed by atoms with van der Waals surface area (Å²) in [7, 11) is 1.43. The van der Waals surface area contributed by atoms with Crippen molar-refractivity contribution in [1.82, 2.24) is 0 Å². The first-order chi connectivity index (χ1) is 8.90. The molecule has 0 spiro atoms. The highest BCUT2D eigenvalue weighted by atomic mass is 19.1. The Kier molecular flexibility index (Phi) is 5.04. The molecule has 0 aliphatic rings. The van der Waals surface area contributed by atoms with Crippen LogP contribution in [0.1, 0.15) is 19.4 Å². The fourth-order valence-electron chi connectivity index (χ4n) is 1.21. The van der Waals surface area contributed by atoms with E-state index in [0.717, 1.165) is 0 Å². The molecule has 0 radical (unpaired) electrons. The van der Waals surface area contributed by atoms with Crippen LogP contribution in [0.2, 0.25) is 0 Å². The molecule has 0 aliphatic carbocycles. The van der Waals surface area contributed by atoms with Gasteiger partial charge >= 0.3 is 0 Å². The first-order valence-electron chi connectivity index (χ1n) is 5.66. The van der Waals surface area contributed by atoms with E-state index in [-0.39, 0.29) is 18.1 Å². The molecule has 0 saturated heterocycles. The summed E-state index contributed by atoms with van der Waals surface area (Å²) in [5.41, 5.74) is -0.452. The topological polar surface area (TPSA) is 58.6 Å². The number of hydrogen-bond acceptors (Lipinski definition) is 3. The van der Waals surface area contributed by atoms with Crippen LogP contribution in [0.5, 0.6) is 0 Å². The Morgan fingerprint density at radius 1 is 1.53 bits per heavy atom. The molecule has 0 heterocycles. The number of ether oxygens (including phenoxy) is 1. The van der Waals surface area contributed by atoms with Crippen LogP contribution in [0.4, 0.5) is 10.1 Å². The molecule has 102 valence electrons. The average Bonchev–Trinajstić information content (AvgIpc) is 2.39. The van der Waals surface area contributed by atoms with E-state index >= 15 is 0 Å². The van der Waals surface area contributed by atoms with Crippen molar-refractivity contribution < 1.29 is 19.0 Å². The molecule has 0 bridgehead atoms. The van der Waals surface area contributed by atoms with Gasteiger partial charge < -0.3 is 15.2 Å². The maximum absolute atomic E-state index is 13.4. The van der Waals surface area contributed by atoms with E-state index in [4.69, 9.17) is 9.84 Å². The highest BCUT2D eigenvalue weighted by molar-refractivity contribution is 5.96. The van der Waals surface area contributed by atoms with Gasteiger partial charge in [-0.1, -0.05) is 11.8 Å². The molecule has 5 heteroatoms. The Bertz CT molecular complexity index is 529. The van der Waals surface area contributed by atoms with E-state index in [1.54, 1.807) is 13.8 Å². The number of rotatable bonds is 3. The molecule has 0 unspecified atom stereocenters. The third kappa shape index (κ3) is 4.05. The van der Waals surface area contributed by atoms with Gasteiger partial charge in [-0.05, 0) is 32.0 Å². The van der Waals surface area contributed by atoms with Crippen molar-refractivity contribution in [3.8, 4) is 11.8 Å². The van der Waals surface area contributed by atoms with Crippen LogP contribution in [-0.4, -0.2) is 30.3 Å². The summed E-state index contributed by atoms with van der Waals surface area (Å²) in [6.45, 7) is 2.89. The number of aliphatic hydroxyl groups is 1. The van der Waals surface area contributed by atoms with Crippen LogP contribution in [0.3, 0.4) is 0 Å². The number of nitrogens with one attached hydrogen (secondary N) is 1. The molecule has 1 aromatic rings. The third-order valence-electron chi connectivity index (χ3n) is 2.58. The summed E-state index contributed by atoms with van der Waals surface area (Å²) >= 11 is 0. The Morgan fingerprint density at radius 2 is 2.21 bits per heavy atom. The minimum Gasteiger partial charge on any atom is -0.384 e. The molecule has 1 amide bonds. The van der Waals surface area contributed by atoms with Crippen LogP contribution < -0.4 is 5.32 Å². The zero-order valence-corrected chi connectivity index (χ0v) is 11.1. The van der Waals surface area contributed by atoms with Gasteiger partial charge in [-0.2, -0.15) is 0 Å². The minimum atomic E-state index is -0.981. The van der Waals surface area contributed by atoms with Crippen LogP contribution in [-0.2, 0) is 9.53 Å². The van der Waals surface area contributed by atoms with Gasteiger partial charge in [0.25, 0.3) is 5.91 Å². The smallest absolute Gasteiger partial charge is 0.256 e.